The molecule has 16 heavy (non-hydrogen) atoms. The molecule has 0 atom stereocenters. The van der Waals surface area contributed by atoms with E-state index in [0.717, 1.165) is 5.56 Å². The number of pyridine rings is 1. The summed E-state index contributed by atoms with van der Waals surface area (Å²) in [4.78, 5) is 8.21. The van der Waals surface area contributed by atoms with Gasteiger partial charge in [-0.2, -0.15) is 0 Å². The number of nitrogen functional groups attached to an aromatic ring is 1. The van der Waals surface area contributed by atoms with E-state index in [1.54, 1.807) is 24.7 Å². The quantitative estimate of drug-likeness (QED) is 0.808. The first-order valence-corrected chi connectivity index (χ1v) is 5.12. The molecule has 2 aromatic rings. The van der Waals surface area contributed by atoms with Gasteiger partial charge in [-0.15, -0.1) is 0 Å². The highest BCUT2D eigenvalue weighted by Gasteiger charge is 1.94. The van der Waals surface area contributed by atoms with E-state index in [1.165, 1.54) is 0 Å². The molecule has 0 saturated carbocycles. The number of hydrogen-bond donors (Lipinski definition) is 1. The number of hydrogen-bond acceptors (Lipinski definition) is 3. The maximum atomic E-state index is 5.78. The first-order chi connectivity index (χ1) is 7.75. The highest BCUT2D eigenvalue weighted by Crippen LogP contribution is 2.18. The average Bonchev–Trinajstić information content (AvgIpc) is 2.30. The lowest BCUT2D eigenvalue weighted by Gasteiger charge is -1.97. The highest BCUT2D eigenvalue weighted by molar-refractivity contribution is 6.30. The Morgan fingerprint density at radius 3 is 2.62 bits per heavy atom. The van der Waals surface area contributed by atoms with Crippen molar-refractivity contribution in [2.75, 3.05) is 5.73 Å². The molecule has 2 N–H and O–H groups in total. The Kier molecular flexibility index (Phi) is 3.17. The van der Waals surface area contributed by atoms with Gasteiger partial charge in [0.15, 0.2) is 0 Å². The zero-order valence-corrected chi connectivity index (χ0v) is 9.22. The number of halogens is 1. The second kappa shape index (κ2) is 4.77. The Bertz CT molecular complexity index is 506. The maximum Gasteiger partial charge on any atom is 0.104 e. The molecule has 0 radical (unpaired) electrons. The van der Waals surface area contributed by atoms with Crippen LogP contribution in [-0.4, -0.2) is 11.2 Å². The standard InChI is InChI=1S/C12H10ClN3/c13-10-3-1-9(2-4-10)7-16-12-8-15-6-5-11(12)14/h1-8H,(H2,14,15). The van der Waals surface area contributed by atoms with E-state index in [4.69, 9.17) is 17.3 Å². The van der Waals surface area contributed by atoms with Crippen LogP contribution in [0.1, 0.15) is 5.56 Å². The Morgan fingerprint density at radius 2 is 1.94 bits per heavy atom. The molecule has 0 aliphatic rings. The number of aliphatic imine (C=N–C) groups is 1. The first-order valence-electron chi connectivity index (χ1n) is 4.75. The summed E-state index contributed by atoms with van der Waals surface area (Å²) in [6.45, 7) is 0. The molecule has 4 heteroatoms. The molecule has 0 fully saturated rings. The van der Waals surface area contributed by atoms with Crippen LogP contribution in [0.3, 0.4) is 0 Å². The van der Waals surface area contributed by atoms with Gasteiger partial charge in [0.2, 0.25) is 0 Å². The van der Waals surface area contributed by atoms with Crippen LogP contribution in [0.15, 0.2) is 47.7 Å². The fourth-order valence-corrected chi connectivity index (χ4v) is 1.32. The van der Waals surface area contributed by atoms with Gasteiger partial charge in [0, 0.05) is 17.4 Å². The van der Waals surface area contributed by atoms with Crippen molar-refractivity contribution < 1.29 is 0 Å². The molecular formula is C12H10ClN3. The summed E-state index contributed by atoms with van der Waals surface area (Å²) in [6, 6.07) is 9.12. The fraction of sp³-hybridized carbons (Fsp3) is 0. The second-order valence-corrected chi connectivity index (χ2v) is 3.68. The van der Waals surface area contributed by atoms with Gasteiger partial charge >= 0.3 is 0 Å². The van der Waals surface area contributed by atoms with Crippen molar-refractivity contribution in [3.63, 3.8) is 0 Å². The number of aromatic nitrogens is 1. The van der Waals surface area contributed by atoms with Crippen molar-refractivity contribution in [3.05, 3.63) is 53.3 Å². The van der Waals surface area contributed by atoms with Gasteiger partial charge in [-0.25, -0.2) is 0 Å². The van der Waals surface area contributed by atoms with E-state index in [1.807, 2.05) is 24.3 Å². The summed E-state index contributed by atoms with van der Waals surface area (Å²) in [5.41, 5.74) is 7.97. The Labute approximate surface area is 98.6 Å². The third kappa shape index (κ3) is 2.58. The van der Waals surface area contributed by atoms with Gasteiger partial charge in [0.1, 0.15) is 5.69 Å². The Balaban J connectivity index is 2.21. The first kappa shape index (κ1) is 10.6. The van der Waals surface area contributed by atoms with E-state index in [-0.39, 0.29) is 0 Å². The summed E-state index contributed by atoms with van der Waals surface area (Å²) < 4.78 is 0. The normalized spacial score (nSPS) is 10.8. The van der Waals surface area contributed by atoms with E-state index in [9.17, 15) is 0 Å². The molecule has 3 nitrogen and oxygen atoms in total. The van der Waals surface area contributed by atoms with Crippen LogP contribution in [-0.2, 0) is 0 Å². The highest BCUT2D eigenvalue weighted by atomic mass is 35.5. The zero-order valence-electron chi connectivity index (χ0n) is 8.47. The van der Waals surface area contributed by atoms with Crippen LogP contribution in [0, 0.1) is 0 Å². The fourth-order valence-electron chi connectivity index (χ4n) is 1.20. The van der Waals surface area contributed by atoms with Crippen molar-refractivity contribution in [1.29, 1.82) is 0 Å². The van der Waals surface area contributed by atoms with Crippen molar-refractivity contribution in [1.82, 2.24) is 4.98 Å². The third-order valence-corrected chi connectivity index (χ3v) is 2.31. The van der Waals surface area contributed by atoms with Crippen molar-refractivity contribution in [2.24, 2.45) is 4.99 Å². The second-order valence-electron chi connectivity index (χ2n) is 3.24. The van der Waals surface area contributed by atoms with Crippen LogP contribution in [0.5, 0.6) is 0 Å². The van der Waals surface area contributed by atoms with Crippen molar-refractivity contribution >= 4 is 29.2 Å². The molecule has 0 aliphatic heterocycles. The van der Waals surface area contributed by atoms with Gasteiger partial charge in [-0.1, -0.05) is 23.7 Å². The van der Waals surface area contributed by atoms with E-state index in [0.29, 0.717) is 16.4 Å². The van der Waals surface area contributed by atoms with E-state index < -0.39 is 0 Å². The lowest BCUT2D eigenvalue weighted by molar-refractivity contribution is 1.31. The molecule has 0 unspecified atom stereocenters. The van der Waals surface area contributed by atoms with E-state index >= 15 is 0 Å². The summed E-state index contributed by atoms with van der Waals surface area (Å²) in [5, 5.41) is 0.707. The number of nitrogens with two attached hydrogens (primary N) is 1. The molecule has 0 amide bonds. The largest absolute Gasteiger partial charge is 0.397 e. The number of benzene rings is 1. The Morgan fingerprint density at radius 1 is 1.19 bits per heavy atom. The monoisotopic (exact) mass is 231 g/mol. The minimum absolute atomic E-state index is 0.611. The summed E-state index contributed by atoms with van der Waals surface area (Å²) in [7, 11) is 0. The number of nitrogens with zero attached hydrogens (tertiary/aromatic N) is 2. The summed E-state index contributed by atoms with van der Waals surface area (Å²) in [5.74, 6) is 0. The maximum absolute atomic E-state index is 5.78. The lowest BCUT2D eigenvalue weighted by atomic mass is 10.2. The number of anilines is 1. The topological polar surface area (TPSA) is 51.3 Å². The Hall–Kier alpha value is -1.87. The van der Waals surface area contributed by atoms with Crippen LogP contribution in [0.4, 0.5) is 11.4 Å². The summed E-state index contributed by atoms with van der Waals surface area (Å²) >= 11 is 5.78. The van der Waals surface area contributed by atoms with Crippen LogP contribution in [0.25, 0.3) is 0 Å². The van der Waals surface area contributed by atoms with Crippen LogP contribution >= 0.6 is 11.6 Å². The molecule has 1 aromatic heterocycles. The average molecular weight is 232 g/mol. The van der Waals surface area contributed by atoms with Gasteiger partial charge in [0.05, 0.1) is 11.9 Å². The van der Waals surface area contributed by atoms with Gasteiger partial charge in [-0.3, -0.25) is 9.98 Å². The lowest BCUT2D eigenvalue weighted by Crippen LogP contribution is -1.86. The van der Waals surface area contributed by atoms with E-state index in [2.05, 4.69) is 9.98 Å². The molecule has 1 heterocycles. The third-order valence-electron chi connectivity index (χ3n) is 2.06. The predicted octanol–water partition coefficient (Wildman–Crippen LogP) is 3.07. The molecule has 2 rings (SSSR count). The van der Waals surface area contributed by atoms with Crippen molar-refractivity contribution in [2.45, 2.75) is 0 Å². The van der Waals surface area contributed by atoms with Crippen LogP contribution in [0.2, 0.25) is 5.02 Å². The van der Waals surface area contributed by atoms with Crippen LogP contribution < -0.4 is 5.73 Å². The minimum atomic E-state index is 0.611. The van der Waals surface area contributed by atoms with Gasteiger partial charge < -0.3 is 5.73 Å². The minimum Gasteiger partial charge on any atom is -0.397 e. The summed E-state index contributed by atoms with van der Waals surface area (Å²) in [6.07, 6.45) is 4.99. The van der Waals surface area contributed by atoms with Gasteiger partial charge in [-0.05, 0) is 23.8 Å². The van der Waals surface area contributed by atoms with Gasteiger partial charge in [0.25, 0.3) is 0 Å². The van der Waals surface area contributed by atoms with Crippen molar-refractivity contribution in [3.8, 4) is 0 Å². The molecule has 80 valence electrons. The molecular weight excluding hydrogens is 222 g/mol. The smallest absolute Gasteiger partial charge is 0.104 e. The molecule has 0 bridgehead atoms. The predicted molar refractivity (Wildman–Crippen MR) is 67.4 cm³/mol. The number of rotatable bonds is 2. The SMILES string of the molecule is Nc1ccncc1N=Cc1ccc(Cl)cc1. The molecule has 0 aliphatic carbocycles. The molecule has 1 aromatic carbocycles. The molecule has 0 spiro atoms. The molecule has 0 saturated heterocycles. The zero-order chi connectivity index (χ0) is 11.4.